The molecule has 2 aromatic rings. The second kappa shape index (κ2) is 8.93. The first-order valence-corrected chi connectivity index (χ1v) is 9.39. The van der Waals surface area contributed by atoms with Crippen LogP contribution in [0.5, 0.6) is 5.75 Å². The number of fused-ring (bicyclic) bond motifs is 1. The van der Waals surface area contributed by atoms with Crippen LogP contribution in [-0.4, -0.2) is 48.5 Å². The van der Waals surface area contributed by atoms with E-state index in [1.807, 2.05) is 24.3 Å². The average molecular weight is 405 g/mol. The third-order valence-electron chi connectivity index (χ3n) is 4.68. The lowest BCUT2D eigenvalue weighted by Gasteiger charge is -2.33. The molecule has 0 radical (unpaired) electrons. The minimum absolute atomic E-state index is 0.349. The fourth-order valence-electron chi connectivity index (χ4n) is 3.29. The molecule has 148 valence electrons. The standard InChI is InChI=1S/C20H21ClN2O5/c21-15-8-9-17(14-6-2-1-5-13(14)15)27-12-19(25)28-11-18(24)23-10-4-3-7-16(23)20(22)26/h1-2,5-6,8-9,16H,3-4,7,10-12H2,(H2,22,26)/t16-/m0/s1. The molecule has 7 nitrogen and oxygen atoms in total. The highest BCUT2D eigenvalue weighted by atomic mass is 35.5. The maximum Gasteiger partial charge on any atom is 0.344 e. The number of nitrogens with two attached hydrogens (primary N) is 1. The summed E-state index contributed by atoms with van der Waals surface area (Å²) in [5.74, 6) is -1.17. The van der Waals surface area contributed by atoms with E-state index in [2.05, 4.69) is 0 Å². The van der Waals surface area contributed by atoms with Crippen LogP contribution in [0.3, 0.4) is 0 Å². The lowest BCUT2D eigenvalue weighted by atomic mass is 10.0. The van der Waals surface area contributed by atoms with Crippen molar-refractivity contribution in [2.45, 2.75) is 25.3 Å². The highest BCUT2D eigenvalue weighted by molar-refractivity contribution is 6.35. The number of likely N-dealkylation sites (tertiary alicyclic amines) is 1. The molecular weight excluding hydrogens is 384 g/mol. The molecule has 1 atom stereocenters. The predicted octanol–water partition coefficient (Wildman–Crippen LogP) is 2.28. The molecule has 2 amide bonds. The number of ether oxygens (including phenoxy) is 2. The number of benzene rings is 2. The van der Waals surface area contributed by atoms with Crippen molar-refractivity contribution < 1.29 is 23.9 Å². The van der Waals surface area contributed by atoms with E-state index >= 15 is 0 Å². The predicted molar refractivity (Wildman–Crippen MR) is 104 cm³/mol. The van der Waals surface area contributed by atoms with Crippen LogP contribution in [0.4, 0.5) is 0 Å². The number of halogens is 1. The summed E-state index contributed by atoms with van der Waals surface area (Å²) in [6, 6.07) is 10.1. The summed E-state index contributed by atoms with van der Waals surface area (Å²) in [5, 5.41) is 2.17. The van der Waals surface area contributed by atoms with E-state index in [1.165, 1.54) is 4.90 Å². The molecule has 0 unspecified atom stereocenters. The van der Waals surface area contributed by atoms with Gasteiger partial charge in [-0.2, -0.15) is 0 Å². The Morgan fingerprint density at radius 2 is 1.82 bits per heavy atom. The molecule has 0 saturated carbocycles. The molecule has 0 aromatic heterocycles. The van der Waals surface area contributed by atoms with Crippen molar-refractivity contribution in [3.8, 4) is 5.75 Å². The number of hydrogen-bond donors (Lipinski definition) is 1. The van der Waals surface area contributed by atoms with Crippen molar-refractivity contribution in [1.82, 2.24) is 4.90 Å². The highest BCUT2D eigenvalue weighted by Crippen LogP contribution is 2.31. The van der Waals surface area contributed by atoms with Crippen molar-refractivity contribution in [2.75, 3.05) is 19.8 Å². The van der Waals surface area contributed by atoms with Crippen molar-refractivity contribution >= 4 is 40.2 Å². The van der Waals surface area contributed by atoms with E-state index in [0.717, 1.165) is 23.6 Å². The SMILES string of the molecule is NC(=O)[C@@H]1CCCCN1C(=O)COC(=O)COc1ccc(Cl)c2ccccc12. The van der Waals surface area contributed by atoms with E-state index in [-0.39, 0.29) is 6.61 Å². The van der Waals surface area contributed by atoms with Gasteiger partial charge in [0, 0.05) is 22.3 Å². The van der Waals surface area contributed by atoms with E-state index < -0.39 is 30.4 Å². The largest absolute Gasteiger partial charge is 0.481 e. The van der Waals surface area contributed by atoms with Gasteiger partial charge in [-0.15, -0.1) is 0 Å². The maximum atomic E-state index is 12.3. The number of rotatable bonds is 6. The van der Waals surface area contributed by atoms with Gasteiger partial charge in [-0.05, 0) is 31.4 Å². The molecule has 2 aromatic carbocycles. The summed E-state index contributed by atoms with van der Waals surface area (Å²) in [6.07, 6.45) is 2.15. The van der Waals surface area contributed by atoms with Gasteiger partial charge in [0.2, 0.25) is 5.91 Å². The van der Waals surface area contributed by atoms with E-state index in [1.54, 1.807) is 12.1 Å². The molecule has 1 fully saturated rings. The average Bonchev–Trinajstić information content (AvgIpc) is 2.71. The smallest absolute Gasteiger partial charge is 0.344 e. The minimum Gasteiger partial charge on any atom is -0.481 e. The zero-order valence-electron chi connectivity index (χ0n) is 15.2. The van der Waals surface area contributed by atoms with Crippen molar-refractivity contribution in [3.05, 3.63) is 41.4 Å². The summed E-state index contributed by atoms with van der Waals surface area (Å²) >= 11 is 6.16. The van der Waals surface area contributed by atoms with Gasteiger partial charge in [0.05, 0.1) is 0 Å². The second-order valence-electron chi connectivity index (χ2n) is 6.54. The monoisotopic (exact) mass is 404 g/mol. The summed E-state index contributed by atoms with van der Waals surface area (Å²) < 4.78 is 10.6. The molecule has 0 bridgehead atoms. The third kappa shape index (κ3) is 4.54. The summed E-state index contributed by atoms with van der Waals surface area (Å²) in [5.41, 5.74) is 5.35. The number of carbonyl (C=O) groups excluding carboxylic acids is 3. The molecule has 0 aliphatic carbocycles. The molecule has 2 N–H and O–H groups in total. The molecule has 28 heavy (non-hydrogen) atoms. The number of hydrogen-bond acceptors (Lipinski definition) is 5. The first kappa shape index (κ1) is 19.9. The topological polar surface area (TPSA) is 98.9 Å². The Hall–Kier alpha value is -2.80. The first-order chi connectivity index (χ1) is 13.5. The molecule has 1 aliphatic rings. The highest BCUT2D eigenvalue weighted by Gasteiger charge is 2.31. The van der Waals surface area contributed by atoms with Crippen molar-refractivity contribution in [1.29, 1.82) is 0 Å². The Kier molecular flexibility index (Phi) is 6.36. The lowest BCUT2D eigenvalue weighted by molar-refractivity contribution is -0.156. The first-order valence-electron chi connectivity index (χ1n) is 9.02. The number of nitrogens with zero attached hydrogens (tertiary/aromatic N) is 1. The Morgan fingerprint density at radius 3 is 2.57 bits per heavy atom. The van der Waals surface area contributed by atoms with Gasteiger partial charge < -0.3 is 20.1 Å². The molecule has 1 aliphatic heterocycles. The number of piperidine rings is 1. The Labute approximate surface area is 167 Å². The van der Waals surface area contributed by atoms with Crippen LogP contribution >= 0.6 is 11.6 Å². The zero-order chi connectivity index (χ0) is 20.1. The van der Waals surface area contributed by atoms with E-state index in [0.29, 0.717) is 23.7 Å². The van der Waals surface area contributed by atoms with Crippen LogP contribution in [-0.2, 0) is 19.1 Å². The third-order valence-corrected chi connectivity index (χ3v) is 5.01. The normalized spacial score (nSPS) is 16.6. The van der Waals surface area contributed by atoms with Gasteiger partial charge in [-0.1, -0.05) is 35.9 Å². The molecule has 1 saturated heterocycles. The summed E-state index contributed by atoms with van der Waals surface area (Å²) in [6.45, 7) is -0.372. The van der Waals surface area contributed by atoms with Gasteiger partial charge in [-0.25, -0.2) is 4.79 Å². The van der Waals surface area contributed by atoms with Crippen LogP contribution in [0.2, 0.25) is 5.02 Å². The van der Waals surface area contributed by atoms with Crippen molar-refractivity contribution in [2.24, 2.45) is 5.73 Å². The molecule has 3 rings (SSSR count). The van der Waals surface area contributed by atoms with E-state index in [9.17, 15) is 14.4 Å². The zero-order valence-corrected chi connectivity index (χ0v) is 16.0. The van der Waals surface area contributed by atoms with Gasteiger partial charge in [-0.3, -0.25) is 9.59 Å². The van der Waals surface area contributed by atoms with Gasteiger partial charge in [0.25, 0.3) is 5.91 Å². The number of carbonyl (C=O) groups is 3. The fraction of sp³-hybridized carbons (Fsp3) is 0.350. The van der Waals surface area contributed by atoms with Crippen LogP contribution in [0.25, 0.3) is 10.8 Å². The maximum absolute atomic E-state index is 12.3. The molecule has 1 heterocycles. The molecular formula is C20H21ClN2O5. The van der Waals surface area contributed by atoms with Crippen molar-refractivity contribution in [3.63, 3.8) is 0 Å². The fourth-order valence-corrected chi connectivity index (χ4v) is 3.52. The van der Waals surface area contributed by atoms with Crippen LogP contribution in [0, 0.1) is 0 Å². The van der Waals surface area contributed by atoms with Crippen LogP contribution in [0.1, 0.15) is 19.3 Å². The Bertz CT molecular complexity index is 901. The quantitative estimate of drug-likeness (QED) is 0.744. The number of esters is 1. The van der Waals surface area contributed by atoms with Gasteiger partial charge >= 0.3 is 5.97 Å². The second-order valence-corrected chi connectivity index (χ2v) is 6.95. The molecule has 0 spiro atoms. The van der Waals surface area contributed by atoms with Crippen LogP contribution in [0.15, 0.2) is 36.4 Å². The van der Waals surface area contributed by atoms with Gasteiger partial charge in [0.1, 0.15) is 11.8 Å². The summed E-state index contributed by atoms with van der Waals surface area (Å²) in [4.78, 5) is 37.1. The summed E-state index contributed by atoms with van der Waals surface area (Å²) in [7, 11) is 0. The molecule has 8 heteroatoms. The number of primary amides is 1. The van der Waals surface area contributed by atoms with Crippen LogP contribution < -0.4 is 10.5 Å². The number of amides is 2. The Balaban J connectivity index is 1.54. The van der Waals surface area contributed by atoms with Gasteiger partial charge in [0.15, 0.2) is 13.2 Å². The van der Waals surface area contributed by atoms with E-state index in [4.69, 9.17) is 26.8 Å². The Morgan fingerprint density at radius 1 is 1.07 bits per heavy atom. The minimum atomic E-state index is -0.681. The lowest BCUT2D eigenvalue weighted by Crippen LogP contribution is -2.51.